The molecule has 0 aliphatic heterocycles. The summed E-state index contributed by atoms with van der Waals surface area (Å²) in [6, 6.07) is 4.36. The Balaban J connectivity index is 2.03. The summed E-state index contributed by atoms with van der Waals surface area (Å²) in [5, 5.41) is 7.34. The van der Waals surface area contributed by atoms with Gasteiger partial charge in [0, 0.05) is 13.1 Å². The fraction of sp³-hybridized carbons (Fsp3) is 0.417. The summed E-state index contributed by atoms with van der Waals surface area (Å²) in [7, 11) is 1.79. The number of aromatic nitrogens is 4. The number of rotatable bonds is 5. The highest BCUT2D eigenvalue weighted by atomic mass is 16.5. The van der Waals surface area contributed by atoms with Crippen LogP contribution in [0.1, 0.15) is 25.6 Å². The van der Waals surface area contributed by atoms with E-state index in [4.69, 9.17) is 4.74 Å². The summed E-state index contributed by atoms with van der Waals surface area (Å²) in [6.07, 6.45) is 3.27. The Bertz CT molecular complexity index is 493. The van der Waals surface area contributed by atoms with Crippen molar-refractivity contribution in [3.63, 3.8) is 0 Å². The molecule has 0 saturated carbocycles. The van der Waals surface area contributed by atoms with Gasteiger partial charge >= 0.3 is 6.01 Å². The van der Waals surface area contributed by atoms with Gasteiger partial charge in [-0.25, -0.2) is 0 Å². The highest BCUT2D eigenvalue weighted by molar-refractivity contribution is 5.23. The molecule has 0 saturated heterocycles. The third-order valence-corrected chi connectivity index (χ3v) is 2.50. The predicted octanol–water partition coefficient (Wildman–Crippen LogP) is 1.67. The molecule has 6 heteroatoms. The molecule has 0 aliphatic rings. The minimum atomic E-state index is 0.233. The first kappa shape index (κ1) is 12.5. The van der Waals surface area contributed by atoms with Crippen LogP contribution in [0.15, 0.2) is 24.7 Å². The molecule has 6 nitrogen and oxygen atoms in total. The lowest BCUT2D eigenvalue weighted by Gasteiger charge is -2.11. The van der Waals surface area contributed by atoms with Crippen LogP contribution in [0.5, 0.6) is 11.8 Å². The van der Waals surface area contributed by atoms with Gasteiger partial charge in [-0.2, -0.15) is 4.98 Å². The van der Waals surface area contributed by atoms with Crippen LogP contribution in [0, 0.1) is 0 Å². The van der Waals surface area contributed by atoms with E-state index in [0.29, 0.717) is 11.8 Å². The monoisotopic (exact) mass is 247 g/mol. The molecule has 0 amide bonds. The van der Waals surface area contributed by atoms with E-state index in [2.05, 4.69) is 34.2 Å². The molecule has 2 aromatic rings. The van der Waals surface area contributed by atoms with E-state index in [1.165, 1.54) is 0 Å². The second-order valence-electron chi connectivity index (χ2n) is 4.00. The Labute approximate surface area is 106 Å². The summed E-state index contributed by atoms with van der Waals surface area (Å²) >= 11 is 0. The van der Waals surface area contributed by atoms with E-state index in [1.54, 1.807) is 24.3 Å². The SMILES string of the molecule is CCNC(C)c1ccc(Oc2ncn(C)n2)cn1. The van der Waals surface area contributed by atoms with Gasteiger partial charge in [-0.3, -0.25) is 9.67 Å². The van der Waals surface area contributed by atoms with Gasteiger partial charge in [-0.15, -0.1) is 5.10 Å². The molecule has 18 heavy (non-hydrogen) atoms. The van der Waals surface area contributed by atoms with Crippen LogP contribution in [0.2, 0.25) is 0 Å². The van der Waals surface area contributed by atoms with Gasteiger partial charge in [-0.05, 0) is 25.6 Å². The maximum atomic E-state index is 5.47. The number of nitrogens with one attached hydrogen (secondary N) is 1. The molecule has 2 aromatic heterocycles. The molecule has 1 N–H and O–H groups in total. The number of nitrogens with zero attached hydrogens (tertiary/aromatic N) is 4. The standard InChI is InChI=1S/C12H17N5O/c1-4-13-9(2)11-6-5-10(7-14-11)18-12-15-8-17(3)16-12/h5-9,13H,4H2,1-3H3. The van der Waals surface area contributed by atoms with Crippen LogP contribution >= 0.6 is 0 Å². The first-order valence-corrected chi connectivity index (χ1v) is 5.92. The van der Waals surface area contributed by atoms with Gasteiger partial charge in [0.25, 0.3) is 0 Å². The maximum absolute atomic E-state index is 5.47. The van der Waals surface area contributed by atoms with Gasteiger partial charge in [0.15, 0.2) is 0 Å². The molecule has 0 aliphatic carbocycles. The third-order valence-electron chi connectivity index (χ3n) is 2.50. The predicted molar refractivity (Wildman–Crippen MR) is 67.4 cm³/mol. The molecular formula is C12H17N5O. The summed E-state index contributed by atoms with van der Waals surface area (Å²) in [5.74, 6) is 0.633. The summed E-state index contributed by atoms with van der Waals surface area (Å²) < 4.78 is 7.06. The lowest BCUT2D eigenvalue weighted by atomic mass is 10.2. The molecule has 0 bridgehead atoms. The van der Waals surface area contributed by atoms with Gasteiger partial charge in [0.1, 0.15) is 12.1 Å². The van der Waals surface area contributed by atoms with Crippen molar-refractivity contribution in [2.75, 3.05) is 6.54 Å². The summed E-state index contributed by atoms with van der Waals surface area (Å²) in [6.45, 7) is 5.06. The Morgan fingerprint density at radius 3 is 2.78 bits per heavy atom. The Morgan fingerprint density at radius 2 is 2.22 bits per heavy atom. The summed E-state index contributed by atoms with van der Waals surface area (Å²) in [4.78, 5) is 8.34. The van der Waals surface area contributed by atoms with Crippen LogP contribution in [-0.4, -0.2) is 26.3 Å². The van der Waals surface area contributed by atoms with Crippen molar-refractivity contribution in [1.29, 1.82) is 0 Å². The summed E-state index contributed by atoms with van der Waals surface area (Å²) in [5.41, 5.74) is 0.984. The molecular weight excluding hydrogens is 230 g/mol. The lowest BCUT2D eigenvalue weighted by molar-refractivity contribution is 0.436. The first-order chi connectivity index (χ1) is 8.69. The number of ether oxygens (including phenoxy) is 1. The molecule has 1 unspecified atom stereocenters. The molecule has 2 rings (SSSR count). The van der Waals surface area contributed by atoms with Crippen molar-refractivity contribution >= 4 is 0 Å². The average Bonchev–Trinajstić information content (AvgIpc) is 2.76. The molecule has 0 fully saturated rings. The van der Waals surface area contributed by atoms with Crippen molar-refractivity contribution < 1.29 is 4.74 Å². The first-order valence-electron chi connectivity index (χ1n) is 5.92. The molecule has 1 atom stereocenters. The van der Waals surface area contributed by atoms with Gasteiger partial charge in [0.2, 0.25) is 0 Å². The van der Waals surface area contributed by atoms with Crippen LogP contribution in [0.4, 0.5) is 0 Å². The number of hydrogen-bond acceptors (Lipinski definition) is 5. The number of pyridine rings is 1. The highest BCUT2D eigenvalue weighted by Gasteiger charge is 2.06. The van der Waals surface area contributed by atoms with Crippen molar-refractivity contribution in [3.8, 4) is 11.8 Å². The van der Waals surface area contributed by atoms with Crippen LogP contribution in [0.3, 0.4) is 0 Å². The Hall–Kier alpha value is -1.95. The Morgan fingerprint density at radius 1 is 1.39 bits per heavy atom. The Kier molecular flexibility index (Phi) is 3.88. The second-order valence-corrected chi connectivity index (χ2v) is 4.00. The maximum Gasteiger partial charge on any atom is 0.341 e. The number of hydrogen-bond donors (Lipinski definition) is 1. The van der Waals surface area contributed by atoms with E-state index >= 15 is 0 Å². The minimum absolute atomic E-state index is 0.233. The molecule has 0 aromatic carbocycles. The quantitative estimate of drug-likeness (QED) is 0.870. The molecule has 0 radical (unpaired) electrons. The van der Waals surface area contributed by atoms with Crippen LogP contribution < -0.4 is 10.1 Å². The molecule has 96 valence electrons. The minimum Gasteiger partial charge on any atom is -0.422 e. The van der Waals surface area contributed by atoms with Crippen molar-refractivity contribution in [2.24, 2.45) is 7.05 Å². The number of aryl methyl sites for hydroxylation is 1. The zero-order valence-corrected chi connectivity index (χ0v) is 10.8. The normalized spacial score (nSPS) is 12.4. The van der Waals surface area contributed by atoms with Crippen LogP contribution in [-0.2, 0) is 7.05 Å². The zero-order chi connectivity index (χ0) is 13.0. The smallest absolute Gasteiger partial charge is 0.341 e. The zero-order valence-electron chi connectivity index (χ0n) is 10.8. The second kappa shape index (κ2) is 5.59. The topological polar surface area (TPSA) is 64.9 Å². The third kappa shape index (κ3) is 3.04. The van der Waals surface area contributed by atoms with Gasteiger partial charge in [0.05, 0.1) is 11.9 Å². The van der Waals surface area contributed by atoms with E-state index in [1.807, 2.05) is 12.1 Å². The fourth-order valence-corrected chi connectivity index (χ4v) is 1.59. The largest absolute Gasteiger partial charge is 0.422 e. The van der Waals surface area contributed by atoms with Crippen molar-refractivity contribution in [3.05, 3.63) is 30.4 Å². The van der Waals surface area contributed by atoms with Crippen molar-refractivity contribution in [1.82, 2.24) is 25.1 Å². The highest BCUT2D eigenvalue weighted by Crippen LogP contribution is 2.18. The lowest BCUT2D eigenvalue weighted by Crippen LogP contribution is -2.18. The van der Waals surface area contributed by atoms with E-state index in [0.717, 1.165) is 12.2 Å². The van der Waals surface area contributed by atoms with Crippen molar-refractivity contribution in [2.45, 2.75) is 19.9 Å². The van der Waals surface area contributed by atoms with Gasteiger partial charge < -0.3 is 10.1 Å². The van der Waals surface area contributed by atoms with Crippen LogP contribution in [0.25, 0.3) is 0 Å². The molecule has 0 spiro atoms. The average molecular weight is 247 g/mol. The molecule has 2 heterocycles. The van der Waals surface area contributed by atoms with E-state index < -0.39 is 0 Å². The van der Waals surface area contributed by atoms with E-state index in [-0.39, 0.29) is 6.04 Å². The van der Waals surface area contributed by atoms with Gasteiger partial charge in [-0.1, -0.05) is 6.92 Å². The fourth-order valence-electron chi connectivity index (χ4n) is 1.59. The van der Waals surface area contributed by atoms with E-state index in [9.17, 15) is 0 Å².